The number of hydrogen-bond acceptors (Lipinski definition) is 7. The van der Waals surface area contributed by atoms with E-state index >= 15 is 0 Å². The van der Waals surface area contributed by atoms with Crippen LogP contribution >= 0.6 is 0 Å². The molecule has 2 aromatic heterocycles. The van der Waals surface area contributed by atoms with Crippen LogP contribution in [-0.4, -0.2) is 46.8 Å². The van der Waals surface area contributed by atoms with E-state index in [4.69, 9.17) is 9.72 Å². The van der Waals surface area contributed by atoms with E-state index in [0.29, 0.717) is 29.6 Å². The number of fused-ring (bicyclic) bond motifs is 4. The third kappa shape index (κ3) is 7.91. The second-order valence-electron chi connectivity index (χ2n) is 13.7. The first-order valence-electron chi connectivity index (χ1n) is 15.6. The fourth-order valence-corrected chi connectivity index (χ4v) is 6.90. The standard InChI is InChI=1S/C36H43N5O4S/c1-23(2)14-26-19-37-33(38-20-26)21-41-28(18-36(5,6)7)22-45-29-16-31(34-24(3)10-8-11-25(34)4)39-32(17-29)40-46(43,44)30-13-9-12-27(15-30)35(41)42/h8-13,15-17,19-20,23,28H,14,18,21-22H2,1-7H3,(H,39,40)/t28-/m1/s1. The monoisotopic (exact) mass is 641 g/mol. The van der Waals surface area contributed by atoms with Gasteiger partial charge in [-0.15, -0.1) is 0 Å². The van der Waals surface area contributed by atoms with E-state index in [1.807, 2.05) is 50.5 Å². The molecule has 2 aromatic carbocycles. The molecule has 0 radical (unpaired) electrons. The van der Waals surface area contributed by atoms with Gasteiger partial charge in [-0.3, -0.25) is 9.52 Å². The molecule has 1 atom stereocenters. The third-order valence-electron chi connectivity index (χ3n) is 7.87. The van der Waals surface area contributed by atoms with Crippen molar-refractivity contribution in [2.45, 2.75) is 78.8 Å². The Morgan fingerprint density at radius 3 is 2.33 bits per heavy atom. The Balaban J connectivity index is 1.64. The molecule has 0 fully saturated rings. The van der Waals surface area contributed by atoms with Crippen LogP contribution in [-0.2, 0) is 23.0 Å². The van der Waals surface area contributed by atoms with E-state index < -0.39 is 10.0 Å². The maximum absolute atomic E-state index is 14.3. The number of hydrogen-bond donors (Lipinski definition) is 1. The Morgan fingerprint density at radius 2 is 1.67 bits per heavy atom. The van der Waals surface area contributed by atoms with Crippen molar-refractivity contribution >= 4 is 21.7 Å². The number of rotatable bonds is 6. The highest BCUT2D eigenvalue weighted by Gasteiger charge is 2.32. The van der Waals surface area contributed by atoms with Crippen molar-refractivity contribution in [2.24, 2.45) is 11.3 Å². The molecular formula is C36H43N5O4S. The molecule has 5 rings (SSSR count). The lowest BCUT2D eigenvalue weighted by Gasteiger charge is -2.35. The maximum atomic E-state index is 14.3. The van der Waals surface area contributed by atoms with Crippen molar-refractivity contribution < 1.29 is 17.9 Å². The van der Waals surface area contributed by atoms with Crippen LogP contribution in [0.4, 0.5) is 5.82 Å². The molecule has 9 nitrogen and oxygen atoms in total. The number of nitrogens with one attached hydrogen (secondary N) is 1. The van der Waals surface area contributed by atoms with Crippen LogP contribution in [0, 0.1) is 25.2 Å². The minimum atomic E-state index is -4.10. The molecule has 4 aromatic rings. The lowest BCUT2D eigenvalue weighted by Crippen LogP contribution is -2.45. The predicted molar refractivity (Wildman–Crippen MR) is 180 cm³/mol. The number of benzene rings is 2. The average molecular weight is 642 g/mol. The van der Waals surface area contributed by atoms with Gasteiger partial charge in [0.25, 0.3) is 15.9 Å². The highest BCUT2D eigenvalue weighted by molar-refractivity contribution is 7.92. The van der Waals surface area contributed by atoms with Gasteiger partial charge in [-0.2, -0.15) is 0 Å². The number of aromatic nitrogens is 3. The quantitative estimate of drug-likeness (QED) is 0.241. The minimum Gasteiger partial charge on any atom is -0.491 e. The molecule has 0 aliphatic carbocycles. The SMILES string of the molecule is Cc1cccc(C)c1-c1cc2cc(n1)NS(=O)(=O)c1cccc(c1)C(=O)N(Cc1ncc(CC(C)C)cn1)[C@H](CC(C)(C)C)CO2. The first-order valence-corrected chi connectivity index (χ1v) is 17.1. The molecule has 1 amide bonds. The average Bonchev–Trinajstić information content (AvgIpc) is 2.97. The Kier molecular flexibility index (Phi) is 9.49. The maximum Gasteiger partial charge on any atom is 0.263 e. The molecule has 1 N–H and O–H groups in total. The number of anilines is 1. The van der Waals surface area contributed by atoms with Crippen LogP contribution in [0.25, 0.3) is 11.3 Å². The number of carbonyl (C=O) groups is 1. The molecular weight excluding hydrogens is 598 g/mol. The van der Waals surface area contributed by atoms with Crippen LogP contribution in [0.2, 0.25) is 0 Å². The topological polar surface area (TPSA) is 114 Å². The normalized spacial score (nSPS) is 16.6. The van der Waals surface area contributed by atoms with Gasteiger partial charge in [0, 0.05) is 35.7 Å². The van der Waals surface area contributed by atoms with Crippen molar-refractivity contribution in [1.29, 1.82) is 0 Å². The first kappa shape index (κ1) is 33.1. The van der Waals surface area contributed by atoms with Gasteiger partial charge in [-0.05, 0) is 72.9 Å². The predicted octanol–water partition coefficient (Wildman–Crippen LogP) is 6.99. The second kappa shape index (κ2) is 13.2. The van der Waals surface area contributed by atoms with E-state index in [1.54, 1.807) is 23.1 Å². The molecule has 3 heterocycles. The molecule has 0 saturated carbocycles. The van der Waals surface area contributed by atoms with Crippen molar-refractivity contribution in [2.75, 3.05) is 11.3 Å². The highest BCUT2D eigenvalue weighted by atomic mass is 32.2. The van der Waals surface area contributed by atoms with Crippen LogP contribution < -0.4 is 9.46 Å². The Labute approximate surface area is 272 Å². The van der Waals surface area contributed by atoms with E-state index in [-0.39, 0.29) is 46.8 Å². The van der Waals surface area contributed by atoms with Crippen LogP contribution in [0.15, 0.2) is 71.9 Å². The zero-order chi connectivity index (χ0) is 33.2. The lowest BCUT2D eigenvalue weighted by atomic mass is 9.87. The van der Waals surface area contributed by atoms with Gasteiger partial charge in [0.05, 0.1) is 23.2 Å². The minimum absolute atomic E-state index is 0.0408. The Morgan fingerprint density at radius 1 is 1.00 bits per heavy atom. The van der Waals surface area contributed by atoms with E-state index in [9.17, 15) is 13.2 Å². The summed E-state index contributed by atoms with van der Waals surface area (Å²) in [5, 5.41) is 0. The molecule has 0 unspecified atom stereocenters. The summed E-state index contributed by atoms with van der Waals surface area (Å²) in [6.45, 7) is 14.9. The van der Waals surface area contributed by atoms with E-state index in [0.717, 1.165) is 28.7 Å². The molecule has 1 aliphatic rings. The zero-order valence-corrected chi connectivity index (χ0v) is 28.5. The summed E-state index contributed by atoms with van der Waals surface area (Å²) in [6, 6.07) is 15.1. The molecule has 46 heavy (non-hydrogen) atoms. The first-order chi connectivity index (χ1) is 21.7. The zero-order valence-electron chi connectivity index (χ0n) is 27.7. The molecule has 0 saturated heterocycles. The number of aryl methyl sites for hydroxylation is 2. The fraction of sp³-hybridized carbons (Fsp3) is 0.389. The summed E-state index contributed by atoms with van der Waals surface area (Å²) in [4.78, 5) is 29.9. The van der Waals surface area contributed by atoms with Crippen molar-refractivity contribution in [1.82, 2.24) is 19.9 Å². The summed E-state index contributed by atoms with van der Waals surface area (Å²) in [5.74, 6) is 1.20. The van der Waals surface area contributed by atoms with Gasteiger partial charge in [0.15, 0.2) is 0 Å². The Bertz CT molecular complexity index is 1810. The second-order valence-corrected chi connectivity index (χ2v) is 15.4. The molecule has 4 bridgehead atoms. The molecule has 1 aliphatic heterocycles. The summed E-state index contributed by atoms with van der Waals surface area (Å²) in [7, 11) is -4.10. The summed E-state index contributed by atoms with van der Waals surface area (Å²) < 4.78 is 36.4. The Hall–Kier alpha value is -4.31. The van der Waals surface area contributed by atoms with Crippen LogP contribution in [0.1, 0.15) is 73.9 Å². The summed E-state index contributed by atoms with van der Waals surface area (Å²) in [5.41, 5.74) is 4.61. The van der Waals surface area contributed by atoms with Crippen LogP contribution in [0.3, 0.4) is 0 Å². The number of carbonyl (C=O) groups excluding carboxylic acids is 1. The van der Waals surface area contributed by atoms with Gasteiger partial charge in [0.1, 0.15) is 24.0 Å². The van der Waals surface area contributed by atoms with Crippen LogP contribution in [0.5, 0.6) is 5.75 Å². The molecule has 242 valence electrons. The van der Waals surface area contributed by atoms with Gasteiger partial charge in [-0.25, -0.2) is 23.4 Å². The molecule has 10 heteroatoms. The van der Waals surface area contributed by atoms with Crippen molar-refractivity contribution in [3.63, 3.8) is 0 Å². The van der Waals surface area contributed by atoms with E-state index in [2.05, 4.69) is 49.3 Å². The number of nitrogens with zero attached hydrogens (tertiary/aromatic N) is 4. The molecule has 0 spiro atoms. The summed E-state index contributed by atoms with van der Waals surface area (Å²) >= 11 is 0. The fourth-order valence-electron chi connectivity index (χ4n) is 5.86. The number of sulfonamides is 1. The van der Waals surface area contributed by atoms with Crippen molar-refractivity contribution in [3.05, 3.63) is 95.1 Å². The highest BCUT2D eigenvalue weighted by Crippen LogP contribution is 2.33. The lowest BCUT2D eigenvalue weighted by molar-refractivity contribution is 0.0509. The van der Waals surface area contributed by atoms with Crippen molar-refractivity contribution in [3.8, 4) is 17.0 Å². The number of ether oxygens (including phenoxy) is 1. The van der Waals surface area contributed by atoms with Gasteiger partial charge in [0.2, 0.25) is 0 Å². The number of pyridine rings is 1. The van der Waals surface area contributed by atoms with Gasteiger partial charge < -0.3 is 9.64 Å². The smallest absolute Gasteiger partial charge is 0.263 e. The van der Waals surface area contributed by atoms with E-state index in [1.165, 1.54) is 12.1 Å². The number of amides is 1. The largest absolute Gasteiger partial charge is 0.491 e. The summed E-state index contributed by atoms with van der Waals surface area (Å²) in [6.07, 6.45) is 5.10. The van der Waals surface area contributed by atoms with Gasteiger partial charge in [-0.1, -0.05) is 58.9 Å². The third-order valence-corrected chi connectivity index (χ3v) is 9.23. The van der Waals surface area contributed by atoms with Gasteiger partial charge >= 0.3 is 0 Å².